The van der Waals surface area contributed by atoms with E-state index in [-0.39, 0.29) is 17.0 Å². The summed E-state index contributed by atoms with van der Waals surface area (Å²) in [5.41, 5.74) is 0. The molecule has 0 aromatic heterocycles. The molecule has 0 aliphatic carbocycles. The van der Waals surface area contributed by atoms with Crippen molar-refractivity contribution >= 4 is 0 Å². The van der Waals surface area contributed by atoms with E-state index < -0.39 is 0 Å². The van der Waals surface area contributed by atoms with Crippen LogP contribution in [0.15, 0.2) is 0 Å². The average Bonchev–Trinajstić information content (AvgIpc) is 2.37. The predicted molar refractivity (Wildman–Crippen MR) is 73.5 cm³/mol. The Labute approximate surface area is 120 Å². The number of hydrogen-bond donors (Lipinski definition) is 0. The second kappa shape index (κ2) is 9.35. The summed E-state index contributed by atoms with van der Waals surface area (Å²) in [6.45, 7) is 24.4. The molecule has 0 aromatic rings. The van der Waals surface area contributed by atoms with E-state index in [9.17, 15) is 0 Å². The zero-order valence-electron chi connectivity index (χ0n) is 12.9. The molecule has 0 amide bonds. The van der Waals surface area contributed by atoms with E-state index >= 15 is 0 Å². The van der Waals surface area contributed by atoms with Crippen LogP contribution < -0.4 is 17.0 Å². The maximum atomic E-state index is 2.34. The number of halogens is 1. The van der Waals surface area contributed by atoms with E-state index in [0.29, 0.717) is 0 Å². The van der Waals surface area contributed by atoms with E-state index in [1.807, 2.05) is 0 Å². The third-order valence-corrected chi connectivity index (χ3v) is 5.07. The maximum absolute atomic E-state index is 2.34. The van der Waals surface area contributed by atoms with E-state index in [2.05, 4.69) is 41.5 Å². The number of likely N-dealkylation sites (N-methyl/N-ethyl adjacent to an activating group) is 2. The van der Waals surface area contributed by atoms with Crippen molar-refractivity contribution in [3.8, 4) is 0 Å². The van der Waals surface area contributed by atoms with Crippen LogP contribution in [0.4, 0.5) is 0 Å². The van der Waals surface area contributed by atoms with Gasteiger partial charge in [0.15, 0.2) is 0 Å². The smallest absolute Gasteiger partial charge is 0.128 e. The minimum atomic E-state index is 0. The van der Waals surface area contributed by atoms with Crippen molar-refractivity contribution in [2.24, 2.45) is 0 Å². The number of quaternary nitrogens is 2. The van der Waals surface area contributed by atoms with E-state index in [0.717, 1.165) is 0 Å². The molecule has 0 aromatic carbocycles. The standard InChI is InChI=1S/C14H34N2.BrH/c1-7-15(8-2,9-3)13-14-16(10-4,11-5)12-6;/h7-14H2,1-6H3;1H/q+2;/p-1. The molecule has 0 radical (unpaired) electrons. The molecule has 0 rings (SSSR count). The Bertz CT molecular complexity index is 139. The highest BCUT2D eigenvalue weighted by Crippen LogP contribution is 2.11. The van der Waals surface area contributed by atoms with Gasteiger partial charge in [0.1, 0.15) is 13.1 Å². The lowest BCUT2D eigenvalue weighted by atomic mass is 10.2. The first-order chi connectivity index (χ1) is 7.57. The van der Waals surface area contributed by atoms with Gasteiger partial charge in [-0.15, -0.1) is 0 Å². The molecule has 0 atom stereocenters. The molecule has 0 unspecified atom stereocenters. The average molecular weight is 310 g/mol. The maximum Gasteiger partial charge on any atom is 0.128 e. The molecule has 0 N–H and O–H groups in total. The van der Waals surface area contributed by atoms with Gasteiger partial charge in [0.25, 0.3) is 0 Å². The quantitative estimate of drug-likeness (QED) is 0.515. The highest BCUT2D eigenvalue weighted by molar-refractivity contribution is 4.42. The van der Waals surface area contributed by atoms with Gasteiger partial charge in [-0.25, -0.2) is 0 Å². The lowest BCUT2D eigenvalue weighted by Gasteiger charge is -2.41. The van der Waals surface area contributed by atoms with Gasteiger partial charge in [0, 0.05) is 0 Å². The molecule has 106 valence electrons. The van der Waals surface area contributed by atoms with Gasteiger partial charge in [-0.1, -0.05) is 0 Å². The van der Waals surface area contributed by atoms with Crippen molar-refractivity contribution in [3.63, 3.8) is 0 Å². The fourth-order valence-corrected chi connectivity index (χ4v) is 2.71. The molecule has 0 bridgehead atoms. The van der Waals surface area contributed by atoms with Crippen molar-refractivity contribution in [2.75, 3.05) is 52.4 Å². The summed E-state index contributed by atoms with van der Waals surface area (Å²) < 4.78 is 2.58. The summed E-state index contributed by atoms with van der Waals surface area (Å²) in [7, 11) is 0. The highest BCUT2D eigenvalue weighted by atomic mass is 79.9. The first-order valence-electron chi connectivity index (χ1n) is 7.27. The van der Waals surface area contributed by atoms with Gasteiger partial charge >= 0.3 is 0 Å². The molecule has 0 saturated heterocycles. The third kappa shape index (κ3) is 5.27. The number of rotatable bonds is 9. The first-order valence-corrected chi connectivity index (χ1v) is 7.27. The minimum absolute atomic E-state index is 0. The Hall–Kier alpha value is 0.400. The Balaban J connectivity index is 0. The third-order valence-electron chi connectivity index (χ3n) is 5.07. The van der Waals surface area contributed by atoms with Crippen molar-refractivity contribution in [3.05, 3.63) is 0 Å². The molecule has 0 spiro atoms. The van der Waals surface area contributed by atoms with Crippen LogP contribution in [-0.2, 0) is 0 Å². The van der Waals surface area contributed by atoms with E-state index in [4.69, 9.17) is 0 Å². The van der Waals surface area contributed by atoms with Crippen LogP contribution in [0.2, 0.25) is 0 Å². The van der Waals surface area contributed by atoms with Crippen LogP contribution in [0.5, 0.6) is 0 Å². The lowest BCUT2D eigenvalue weighted by molar-refractivity contribution is -0.976. The number of hydrogen-bond acceptors (Lipinski definition) is 0. The van der Waals surface area contributed by atoms with Crippen LogP contribution in [-0.4, -0.2) is 61.3 Å². The molecule has 0 heterocycles. The Kier molecular flexibility index (Phi) is 10.8. The van der Waals surface area contributed by atoms with Gasteiger partial charge in [-0.2, -0.15) is 0 Å². The zero-order chi connectivity index (χ0) is 12.7. The normalized spacial score (nSPS) is 12.4. The Morgan fingerprint density at radius 1 is 0.471 bits per heavy atom. The second-order valence-corrected chi connectivity index (χ2v) is 5.03. The van der Waals surface area contributed by atoms with Crippen LogP contribution >= 0.6 is 0 Å². The molecule has 3 heteroatoms. The van der Waals surface area contributed by atoms with Crippen LogP contribution in [0, 0.1) is 0 Å². The zero-order valence-corrected chi connectivity index (χ0v) is 14.5. The van der Waals surface area contributed by atoms with E-state index in [1.165, 1.54) is 61.3 Å². The topological polar surface area (TPSA) is 0 Å². The SMILES string of the molecule is CC[N+](CC)(CC)CC[N+](CC)(CC)CC.[Br-]. The fraction of sp³-hybridized carbons (Fsp3) is 1.00. The molecule has 0 saturated carbocycles. The largest absolute Gasteiger partial charge is 1.00 e. The van der Waals surface area contributed by atoms with Gasteiger partial charge in [-0.05, 0) is 41.5 Å². The summed E-state index contributed by atoms with van der Waals surface area (Å²) in [6.07, 6.45) is 0. The van der Waals surface area contributed by atoms with Crippen molar-refractivity contribution in [2.45, 2.75) is 41.5 Å². The van der Waals surface area contributed by atoms with Gasteiger partial charge in [0.2, 0.25) is 0 Å². The van der Waals surface area contributed by atoms with Gasteiger partial charge in [0.05, 0.1) is 39.3 Å². The van der Waals surface area contributed by atoms with Crippen molar-refractivity contribution in [1.82, 2.24) is 0 Å². The van der Waals surface area contributed by atoms with Crippen LogP contribution in [0.1, 0.15) is 41.5 Å². The van der Waals surface area contributed by atoms with Gasteiger partial charge < -0.3 is 25.9 Å². The molecule has 0 fully saturated rings. The summed E-state index contributed by atoms with van der Waals surface area (Å²) in [6, 6.07) is 0. The monoisotopic (exact) mass is 309 g/mol. The van der Waals surface area contributed by atoms with Crippen molar-refractivity contribution < 1.29 is 25.9 Å². The molecule has 0 aliphatic rings. The molecule has 17 heavy (non-hydrogen) atoms. The minimum Gasteiger partial charge on any atom is -1.00 e. The Morgan fingerprint density at radius 3 is 0.765 bits per heavy atom. The van der Waals surface area contributed by atoms with Crippen molar-refractivity contribution in [1.29, 1.82) is 0 Å². The molecular weight excluding hydrogens is 276 g/mol. The molecular formula is C14H34BrN2+. The predicted octanol–water partition coefficient (Wildman–Crippen LogP) is -0.257. The second-order valence-electron chi connectivity index (χ2n) is 5.03. The van der Waals surface area contributed by atoms with E-state index in [1.54, 1.807) is 0 Å². The highest BCUT2D eigenvalue weighted by Gasteiger charge is 2.28. The first kappa shape index (κ1) is 19.7. The molecule has 0 aliphatic heterocycles. The lowest BCUT2D eigenvalue weighted by Crippen LogP contribution is -3.00. The summed E-state index contributed by atoms with van der Waals surface area (Å²) in [4.78, 5) is 0. The summed E-state index contributed by atoms with van der Waals surface area (Å²) >= 11 is 0. The fourth-order valence-electron chi connectivity index (χ4n) is 2.71. The van der Waals surface area contributed by atoms with Gasteiger partial charge in [-0.3, -0.25) is 0 Å². The van der Waals surface area contributed by atoms with Crippen LogP contribution in [0.25, 0.3) is 0 Å². The van der Waals surface area contributed by atoms with Crippen LogP contribution in [0.3, 0.4) is 0 Å². The Morgan fingerprint density at radius 2 is 0.647 bits per heavy atom. The number of nitrogens with zero attached hydrogens (tertiary/aromatic N) is 2. The molecule has 2 nitrogen and oxygen atoms in total. The summed E-state index contributed by atoms with van der Waals surface area (Å²) in [5, 5.41) is 0. The summed E-state index contributed by atoms with van der Waals surface area (Å²) in [5.74, 6) is 0.